The number of fused-ring (bicyclic) bond motifs is 2. The van der Waals surface area contributed by atoms with Crippen LogP contribution in [0.4, 0.5) is 10.1 Å². The monoisotopic (exact) mass is 428 g/mol. The Bertz CT molecular complexity index is 1400. The van der Waals surface area contributed by atoms with Gasteiger partial charge in [-0.25, -0.2) is 18.9 Å². The van der Waals surface area contributed by atoms with Gasteiger partial charge in [-0.05, 0) is 30.3 Å². The maximum atomic E-state index is 14.7. The molecule has 3 heterocycles. The second kappa shape index (κ2) is 7.69. The Balaban J connectivity index is 1.58. The van der Waals surface area contributed by atoms with Crippen LogP contribution in [0, 0.1) is 5.82 Å². The molecule has 1 unspecified atom stereocenters. The van der Waals surface area contributed by atoms with Crippen LogP contribution in [0.3, 0.4) is 0 Å². The number of anilines is 1. The minimum Gasteiger partial charge on any atom is -0.322 e. The highest BCUT2D eigenvalue weighted by Gasteiger charge is 2.31. The van der Waals surface area contributed by atoms with Crippen molar-refractivity contribution in [3.63, 3.8) is 0 Å². The van der Waals surface area contributed by atoms with Crippen molar-refractivity contribution >= 4 is 28.9 Å². The SMILES string of the molecule is CN1C(=O)C(NC(=O)c2ccn3ncnc3c2)N=C(c2ccccc2F)c2ccccc21. The highest BCUT2D eigenvalue weighted by Crippen LogP contribution is 2.28. The number of para-hydroxylation sites is 1. The van der Waals surface area contributed by atoms with Crippen molar-refractivity contribution < 1.29 is 14.0 Å². The number of rotatable bonds is 3. The number of benzodiazepines with no additional fused rings is 1. The molecule has 9 heteroatoms. The number of carbonyl (C=O) groups excluding carboxylic acids is 2. The number of pyridine rings is 1. The molecule has 1 aliphatic heterocycles. The molecule has 0 spiro atoms. The summed E-state index contributed by atoms with van der Waals surface area (Å²) in [7, 11) is 1.60. The van der Waals surface area contributed by atoms with E-state index in [0.717, 1.165) is 0 Å². The predicted octanol–water partition coefficient (Wildman–Crippen LogP) is 2.44. The number of carbonyl (C=O) groups is 2. The number of likely N-dealkylation sites (N-methyl/N-ethyl adjacent to an activating group) is 1. The fourth-order valence-electron chi connectivity index (χ4n) is 3.65. The van der Waals surface area contributed by atoms with Crippen LogP contribution in [0.15, 0.2) is 78.2 Å². The van der Waals surface area contributed by atoms with Crippen molar-refractivity contribution in [1.29, 1.82) is 0 Å². The quantitative estimate of drug-likeness (QED) is 0.543. The molecule has 1 N–H and O–H groups in total. The van der Waals surface area contributed by atoms with E-state index in [0.29, 0.717) is 22.5 Å². The summed E-state index contributed by atoms with van der Waals surface area (Å²) in [5.41, 5.74) is 2.48. The molecule has 2 aromatic carbocycles. The molecular weight excluding hydrogens is 411 g/mol. The number of hydrogen-bond donors (Lipinski definition) is 1. The zero-order valence-corrected chi connectivity index (χ0v) is 16.9. The average Bonchev–Trinajstić information content (AvgIpc) is 3.26. The van der Waals surface area contributed by atoms with Crippen molar-refractivity contribution in [2.45, 2.75) is 6.17 Å². The first kappa shape index (κ1) is 19.6. The van der Waals surface area contributed by atoms with Gasteiger partial charge in [-0.3, -0.25) is 9.59 Å². The van der Waals surface area contributed by atoms with Crippen LogP contribution < -0.4 is 10.2 Å². The molecule has 0 saturated carbocycles. The van der Waals surface area contributed by atoms with Gasteiger partial charge in [-0.15, -0.1) is 0 Å². The van der Waals surface area contributed by atoms with Gasteiger partial charge in [0.15, 0.2) is 5.65 Å². The van der Waals surface area contributed by atoms with Crippen LogP contribution in [0.1, 0.15) is 21.5 Å². The van der Waals surface area contributed by atoms with Gasteiger partial charge >= 0.3 is 0 Å². The van der Waals surface area contributed by atoms with E-state index < -0.39 is 23.8 Å². The molecule has 158 valence electrons. The third-order valence-electron chi connectivity index (χ3n) is 5.28. The molecule has 8 nitrogen and oxygen atoms in total. The highest BCUT2D eigenvalue weighted by atomic mass is 19.1. The predicted molar refractivity (Wildman–Crippen MR) is 116 cm³/mol. The Kier molecular flexibility index (Phi) is 4.70. The molecule has 0 saturated heterocycles. The summed E-state index contributed by atoms with van der Waals surface area (Å²) in [4.78, 5) is 36.1. The molecule has 5 rings (SSSR count). The summed E-state index contributed by atoms with van der Waals surface area (Å²) in [6, 6.07) is 16.4. The minimum absolute atomic E-state index is 0.243. The van der Waals surface area contributed by atoms with Gasteiger partial charge < -0.3 is 10.2 Å². The topological polar surface area (TPSA) is 92.0 Å². The van der Waals surface area contributed by atoms with Crippen LogP contribution in [-0.4, -0.2) is 45.3 Å². The standard InChI is InChI=1S/C23H17FN6O2/c1-29-18-9-5-3-7-16(18)20(15-6-2-4-8-17(15)24)27-21(23(29)32)28-22(31)14-10-11-30-19(12-14)25-13-26-30/h2-13,21H,1H3,(H,28,31). The van der Waals surface area contributed by atoms with E-state index in [4.69, 9.17) is 0 Å². The van der Waals surface area contributed by atoms with E-state index in [-0.39, 0.29) is 11.3 Å². The number of nitrogens with zero attached hydrogens (tertiary/aromatic N) is 5. The van der Waals surface area contributed by atoms with Crippen molar-refractivity contribution in [1.82, 2.24) is 19.9 Å². The molecule has 2 amide bonds. The molecule has 2 aromatic heterocycles. The number of aliphatic imine (C=N–C) groups is 1. The average molecular weight is 428 g/mol. The van der Waals surface area contributed by atoms with Crippen LogP contribution in [0.25, 0.3) is 5.65 Å². The van der Waals surface area contributed by atoms with Gasteiger partial charge in [0.1, 0.15) is 12.1 Å². The number of hydrogen-bond acceptors (Lipinski definition) is 5. The van der Waals surface area contributed by atoms with Crippen molar-refractivity contribution in [2.75, 3.05) is 11.9 Å². The van der Waals surface area contributed by atoms with Crippen molar-refractivity contribution in [3.8, 4) is 0 Å². The summed E-state index contributed by atoms with van der Waals surface area (Å²) >= 11 is 0. The molecular formula is C23H17FN6O2. The number of nitrogens with one attached hydrogen (secondary N) is 1. The lowest BCUT2D eigenvalue weighted by Gasteiger charge is -2.20. The van der Waals surface area contributed by atoms with Gasteiger partial charge in [0.25, 0.3) is 11.8 Å². The first-order chi connectivity index (χ1) is 15.5. The molecule has 0 bridgehead atoms. The maximum Gasteiger partial charge on any atom is 0.272 e. The third-order valence-corrected chi connectivity index (χ3v) is 5.28. The van der Waals surface area contributed by atoms with Crippen molar-refractivity contribution in [3.05, 3.63) is 95.7 Å². The first-order valence-corrected chi connectivity index (χ1v) is 9.83. The van der Waals surface area contributed by atoms with E-state index in [2.05, 4.69) is 20.4 Å². The maximum absolute atomic E-state index is 14.7. The number of amides is 2. The second-order valence-corrected chi connectivity index (χ2v) is 7.23. The summed E-state index contributed by atoms with van der Waals surface area (Å²) in [5.74, 6) is -1.43. The Morgan fingerprint density at radius 1 is 1.06 bits per heavy atom. The largest absolute Gasteiger partial charge is 0.322 e. The van der Waals surface area contributed by atoms with E-state index in [1.54, 1.807) is 67.8 Å². The lowest BCUT2D eigenvalue weighted by molar-refractivity contribution is -0.119. The number of aromatic nitrogens is 3. The van der Waals surface area contributed by atoms with Crippen LogP contribution in [-0.2, 0) is 4.79 Å². The highest BCUT2D eigenvalue weighted by molar-refractivity contribution is 6.20. The second-order valence-electron chi connectivity index (χ2n) is 7.23. The van der Waals surface area contributed by atoms with Gasteiger partial charge in [0, 0.05) is 29.9 Å². The zero-order chi connectivity index (χ0) is 22.2. The van der Waals surface area contributed by atoms with Gasteiger partial charge in [0.2, 0.25) is 6.17 Å². The first-order valence-electron chi connectivity index (χ1n) is 9.83. The molecule has 0 radical (unpaired) electrons. The molecule has 1 atom stereocenters. The Labute approximate surface area is 182 Å². The van der Waals surface area contributed by atoms with Crippen LogP contribution >= 0.6 is 0 Å². The lowest BCUT2D eigenvalue weighted by atomic mass is 10.00. The summed E-state index contributed by atoms with van der Waals surface area (Å²) in [5, 5.41) is 6.67. The molecule has 32 heavy (non-hydrogen) atoms. The van der Waals surface area contributed by atoms with E-state index in [9.17, 15) is 14.0 Å². The van der Waals surface area contributed by atoms with Crippen molar-refractivity contribution in [2.24, 2.45) is 4.99 Å². The Morgan fingerprint density at radius 3 is 2.62 bits per heavy atom. The van der Waals surface area contributed by atoms with Gasteiger partial charge in [-0.2, -0.15) is 5.10 Å². The number of halogens is 1. The summed E-state index contributed by atoms with van der Waals surface area (Å²) < 4.78 is 16.2. The smallest absolute Gasteiger partial charge is 0.272 e. The van der Waals surface area contributed by atoms with Gasteiger partial charge in [-0.1, -0.05) is 30.3 Å². The van der Waals surface area contributed by atoms with E-state index >= 15 is 0 Å². The fourth-order valence-corrected chi connectivity index (χ4v) is 3.65. The number of benzene rings is 2. The Morgan fingerprint density at radius 2 is 1.81 bits per heavy atom. The molecule has 0 aliphatic carbocycles. The minimum atomic E-state index is -1.25. The van der Waals surface area contributed by atoms with E-state index in [1.807, 2.05) is 0 Å². The molecule has 0 fully saturated rings. The lowest BCUT2D eigenvalue weighted by Crippen LogP contribution is -2.46. The third kappa shape index (κ3) is 3.29. The fraction of sp³-hybridized carbons (Fsp3) is 0.0870. The van der Waals surface area contributed by atoms with Crippen LogP contribution in [0.2, 0.25) is 0 Å². The van der Waals surface area contributed by atoms with Gasteiger partial charge in [0.05, 0.1) is 11.4 Å². The summed E-state index contributed by atoms with van der Waals surface area (Å²) in [6.07, 6.45) is 1.73. The Hall–Kier alpha value is -4.40. The van der Waals surface area contributed by atoms with Crippen LogP contribution in [0.5, 0.6) is 0 Å². The molecule has 1 aliphatic rings. The zero-order valence-electron chi connectivity index (χ0n) is 16.9. The molecule has 4 aromatic rings. The normalized spacial score (nSPS) is 15.8. The summed E-state index contributed by atoms with van der Waals surface area (Å²) in [6.45, 7) is 0. The van der Waals surface area contributed by atoms with E-state index in [1.165, 1.54) is 21.8 Å².